The molecule has 3 rings (SSSR count). The number of hydrogen-bond acceptors (Lipinski definition) is 6. The Balaban J connectivity index is 1.59. The monoisotopic (exact) mass is 369 g/mol. The first-order valence-electron chi connectivity index (χ1n) is 8.85. The smallest absolute Gasteiger partial charge is 0.273 e. The third-order valence-electron chi connectivity index (χ3n) is 4.76. The zero-order valence-electron chi connectivity index (χ0n) is 15.5. The summed E-state index contributed by atoms with van der Waals surface area (Å²) in [6.45, 7) is 5.89. The first kappa shape index (κ1) is 18.8. The van der Waals surface area contributed by atoms with E-state index in [1.54, 1.807) is 25.3 Å². The normalized spacial score (nSPS) is 14.8. The predicted molar refractivity (Wildman–Crippen MR) is 103 cm³/mol. The van der Waals surface area contributed by atoms with E-state index >= 15 is 0 Å². The van der Waals surface area contributed by atoms with Gasteiger partial charge < -0.3 is 15.1 Å². The number of benzene rings is 1. The molecule has 0 aliphatic carbocycles. The summed E-state index contributed by atoms with van der Waals surface area (Å²) in [5.41, 5.74) is 1.62. The van der Waals surface area contributed by atoms with Gasteiger partial charge in [-0.25, -0.2) is 4.98 Å². The molecule has 8 nitrogen and oxygen atoms in total. The minimum absolute atomic E-state index is 0.0548. The molecule has 1 N–H and O–H groups in total. The largest absolute Gasteiger partial charge is 0.354 e. The molecular weight excluding hydrogens is 346 g/mol. The van der Waals surface area contributed by atoms with Crippen molar-refractivity contribution in [1.29, 1.82) is 0 Å². The van der Waals surface area contributed by atoms with Gasteiger partial charge in [-0.2, -0.15) is 0 Å². The Morgan fingerprint density at radius 3 is 2.59 bits per heavy atom. The van der Waals surface area contributed by atoms with Gasteiger partial charge in [-0.05, 0) is 31.7 Å². The molecule has 1 saturated heterocycles. The van der Waals surface area contributed by atoms with Gasteiger partial charge in [0.15, 0.2) is 0 Å². The average molecular weight is 369 g/mol. The van der Waals surface area contributed by atoms with E-state index in [2.05, 4.69) is 27.1 Å². The van der Waals surface area contributed by atoms with E-state index in [4.69, 9.17) is 0 Å². The molecule has 1 fully saturated rings. The van der Waals surface area contributed by atoms with Crippen molar-refractivity contribution in [3.05, 3.63) is 63.3 Å². The highest BCUT2D eigenvalue weighted by Gasteiger charge is 2.16. The molecule has 1 amide bonds. The molecule has 2 aromatic rings. The van der Waals surface area contributed by atoms with Crippen LogP contribution in [0.5, 0.6) is 0 Å². The van der Waals surface area contributed by atoms with Crippen LogP contribution in [0.1, 0.15) is 21.5 Å². The standard InChI is InChI=1S/C19H23N5O3/c1-14-3-5-16(11-17(14)24(26)27)19(25)21-13-15-4-6-18(20-12-15)23-9-7-22(2)8-10-23/h3-6,11-12H,7-10,13H2,1-2H3,(H,21,25). The molecule has 1 aromatic carbocycles. The second-order valence-electron chi connectivity index (χ2n) is 6.76. The Morgan fingerprint density at radius 1 is 1.22 bits per heavy atom. The van der Waals surface area contributed by atoms with Crippen molar-refractivity contribution in [2.24, 2.45) is 0 Å². The van der Waals surface area contributed by atoms with Gasteiger partial charge >= 0.3 is 0 Å². The molecule has 0 spiro atoms. The van der Waals surface area contributed by atoms with Crippen LogP contribution in [0, 0.1) is 17.0 Å². The Labute approximate surface area is 158 Å². The Morgan fingerprint density at radius 2 is 1.96 bits per heavy atom. The number of nitrogens with one attached hydrogen (secondary N) is 1. The van der Waals surface area contributed by atoms with Gasteiger partial charge in [-0.1, -0.05) is 12.1 Å². The van der Waals surface area contributed by atoms with Crippen molar-refractivity contribution in [1.82, 2.24) is 15.2 Å². The molecule has 0 saturated carbocycles. The number of nitro groups is 1. The summed E-state index contributed by atoms with van der Waals surface area (Å²) in [5, 5.41) is 13.8. The number of nitrogens with zero attached hydrogens (tertiary/aromatic N) is 4. The van der Waals surface area contributed by atoms with Gasteiger partial charge in [0.05, 0.1) is 4.92 Å². The summed E-state index contributed by atoms with van der Waals surface area (Å²) in [6.07, 6.45) is 1.76. The first-order valence-corrected chi connectivity index (χ1v) is 8.85. The number of carbonyl (C=O) groups is 1. The molecule has 1 aromatic heterocycles. The van der Waals surface area contributed by atoms with E-state index < -0.39 is 4.92 Å². The van der Waals surface area contributed by atoms with Gasteiger partial charge in [0.25, 0.3) is 11.6 Å². The number of amides is 1. The number of pyridine rings is 1. The van der Waals surface area contributed by atoms with Crippen molar-refractivity contribution in [2.75, 3.05) is 38.1 Å². The zero-order chi connectivity index (χ0) is 19.4. The maximum absolute atomic E-state index is 12.3. The molecule has 0 unspecified atom stereocenters. The van der Waals surface area contributed by atoms with Crippen molar-refractivity contribution < 1.29 is 9.72 Å². The van der Waals surface area contributed by atoms with Gasteiger partial charge in [0.2, 0.25) is 0 Å². The fourth-order valence-corrected chi connectivity index (χ4v) is 2.98. The van der Waals surface area contributed by atoms with Crippen LogP contribution >= 0.6 is 0 Å². The lowest BCUT2D eigenvalue weighted by molar-refractivity contribution is -0.385. The number of aryl methyl sites for hydroxylation is 1. The van der Waals surface area contributed by atoms with E-state index in [0.29, 0.717) is 12.1 Å². The van der Waals surface area contributed by atoms with Crippen LogP contribution in [0.4, 0.5) is 11.5 Å². The molecule has 0 atom stereocenters. The van der Waals surface area contributed by atoms with Crippen LogP contribution in [-0.4, -0.2) is 53.9 Å². The van der Waals surface area contributed by atoms with E-state index in [0.717, 1.165) is 37.6 Å². The van der Waals surface area contributed by atoms with E-state index in [1.165, 1.54) is 6.07 Å². The topological polar surface area (TPSA) is 91.6 Å². The molecule has 1 aliphatic heterocycles. The molecule has 2 heterocycles. The fraction of sp³-hybridized carbons (Fsp3) is 0.368. The fourth-order valence-electron chi connectivity index (χ4n) is 2.98. The van der Waals surface area contributed by atoms with Crippen molar-refractivity contribution in [3.8, 4) is 0 Å². The minimum atomic E-state index is -0.479. The van der Waals surface area contributed by atoms with Crippen LogP contribution in [0.3, 0.4) is 0 Å². The Bertz CT molecular complexity index is 830. The van der Waals surface area contributed by atoms with Gasteiger partial charge in [-0.15, -0.1) is 0 Å². The van der Waals surface area contributed by atoms with Crippen LogP contribution < -0.4 is 10.2 Å². The van der Waals surface area contributed by atoms with E-state index in [-0.39, 0.29) is 17.2 Å². The second-order valence-corrected chi connectivity index (χ2v) is 6.76. The van der Waals surface area contributed by atoms with Gasteiger partial charge in [0.1, 0.15) is 5.82 Å². The number of rotatable bonds is 5. The number of carbonyl (C=O) groups excluding carboxylic acids is 1. The van der Waals surface area contributed by atoms with E-state index in [1.807, 2.05) is 12.1 Å². The third kappa shape index (κ3) is 4.59. The average Bonchev–Trinajstić information content (AvgIpc) is 2.67. The lowest BCUT2D eigenvalue weighted by Crippen LogP contribution is -2.44. The summed E-state index contributed by atoms with van der Waals surface area (Å²) >= 11 is 0. The molecule has 8 heteroatoms. The van der Waals surface area contributed by atoms with Crippen LogP contribution in [0.25, 0.3) is 0 Å². The summed E-state index contributed by atoms with van der Waals surface area (Å²) in [7, 11) is 2.11. The van der Waals surface area contributed by atoms with Crippen molar-refractivity contribution in [2.45, 2.75) is 13.5 Å². The first-order chi connectivity index (χ1) is 12.9. The quantitative estimate of drug-likeness (QED) is 0.640. The number of nitro benzene ring substituents is 1. The highest BCUT2D eigenvalue weighted by Crippen LogP contribution is 2.19. The zero-order valence-corrected chi connectivity index (χ0v) is 15.5. The highest BCUT2D eigenvalue weighted by molar-refractivity contribution is 5.94. The maximum Gasteiger partial charge on any atom is 0.273 e. The predicted octanol–water partition coefficient (Wildman–Crippen LogP) is 1.98. The molecule has 142 valence electrons. The van der Waals surface area contributed by atoms with Crippen molar-refractivity contribution in [3.63, 3.8) is 0 Å². The summed E-state index contributed by atoms with van der Waals surface area (Å²) < 4.78 is 0. The highest BCUT2D eigenvalue weighted by atomic mass is 16.6. The number of hydrogen-bond donors (Lipinski definition) is 1. The second kappa shape index (κ2) is 8.13. The molecule has 27 heavy (non-hydrogen) atoms. The van der Waals surface area contributed by atoms with Crippen LogP contribution in [0.15, 0.2) is 36.5 Å². The van der Waals surface area contributed by atoms with Crippen LogP contribution in [-0.2, 0) is 6.54 Å². The number of anilines is 1. The SMILES string of the molecule is Cc1ccc(C(=O)NCc2ccc(N3CCN(C)CC3)nc2)cc1[N+](=O)[O-]. The lowest BCUT2D eigenvalue weighted by Gasteiger charge is -2.33. The van der Waals surface area contributed by atoms with Crippen LogP contribution in [0.2, 0.25) is 0 Å². The summed E-state index contributed by atoms with van der Waals surface area (Å²) in [6, 6.07) is 8.38. The summed E-state index contributed by atoms with van der Waals surface area (Å²) in [4.78, 5) is 31.8. The number of piperazine rings is 1. The molecular formula is C19H23N5O3. The van der Waals surface area contributed by atoms with E-state index in [9.17, 15) is 14.9 Å². The number of aromatic nitrogens is 1. The van der Waals surface area contributed by atoms with Crippen molar-refractivity contribution >= 4 is 17.4 Å². The Kier molecular flexibility index (Phi) is 5.66. The van der Waals surface area contributed by atoms with Gasteiger partial charge in [0, 0.05) is 56.1 Å². The maximum atomic E-state index is 12.3. The molecule has 0 bridgehead atoms. The molecule has 1 aliphatic rings. The molecule has 0 radical (unpaired) electrons. The lowest BCUT2D eigenvalue weighted by atomic mass is 10.1. The summed E-state index contributed by atoms with van der Waals surface area (Å²) in [5.74, 6) is 0.591. The van der Waals surface area contributed by atoms with Gasteiger partial charge in [-0.3, -0.25) is 14.9 Å². The number of likely N-dealkylation sites (N-methyl/N-ethyl adjacent to an activating group) is 1. The Hall–Kier alpha value is -3.00. The third-order valence-corrected chi connectivity index (χ3v) is 4.76. The minimum Gasteiger partial charge on any atom is -0.354 e.